The number of hydrogen-bond acceptors (Lipinski definition) is 5. The number of nitrogens with zero attached hydrogens (tertiary/aromatic N) is 3. The van der Waals surface area contributed by atoms with Gasteiger partial charge in [0.05, 0.1) is 29.4 Å². The predicted octanol–water partition coefficient (Wildman–Crippen LogP) is 2.93. The van der Waals surface area contributed by atoms with Crippen molar-refractivity contribution in [3.8, 4) is 0 Å². The number of para-hydroxylation sites is 1. The molecule has 3 atom stereocenters. The molecule has 1 fully saturated rings. The fraction of sp³-hybridized carbons (Fsp3) is 0.292. The molecule has 6 nitrogen and oxygen atoms in total. The molecule has 1 aromatic heterocycles. The second-order valence-corrected chi connectivity index (χ2v) is 10.1. The summed E-state index contributed by atoms with van der Waals surface area (Å²) in [6.45, 7) is 2.84. The van der Waals surface area contributed by atoms with Crippen LogP contribution in [-0.4, -0.2) is 48.6 Å². The molecule has 0 bridgehead atoms. The Morgan fingerprint density at radius 1 is 1.06 bits per heavy atom. The molecule has 0 radical (unpaired) electrons. The first-order valence-corrected chi connectivity index (χ1v) is 11.9. The predicted molar refractivity (Wildman–Crippen MR) is 119 cm³/mol. The zero-order chi connectivity index (χ0) is 21.6. The molecule has 2 aliphatic rings. The molecule has 0 aliphatic carbocycles. The number of aromatic nitrogens is 1. The number of benzene rings is 2. The maximum Gasteiger partial charge on any atom is 0.264 e. The van der Waals surface area contributed by atoms with Gasteiger partial charge in [-0.3, -0.25) is 14.2 Å². The third kappa shape index (κ3) is 3.33. The third-order valence-corrected chi connectivity index (χ3v) is 8.21. The van der Waals surface area contributed by atoms with Crippen LogP contribution in [0.2, 0.25) is 0 Å². The molecule has 3 aromatic rings. The highest BCUT2D eigenvalue weighted by molar-refractivity contribution is 7.92. The fourth-order valence-electron chi connectivity index (χ4n) is 4.97. The largest absolute Gasteiger partial charge is 0.395 e. The molecular formula is C24H25N3O3S. The second kappa shape index (κ2) is 7.75. The van der Waals surface area contributed by atoms with E-state index in [4.69, 9.17) is 0 Å². The van der Waals surface area contributed by atoms with Gasteiger partial charge in [0, 0.05) is 30.7 Å². The van der Waals surface area contributed by atoms with Gasteiger partial charge in [-0.15, -0.1) is 0 Å². The first kappa shape index (κ1) is 20.2. The molecule has 1 saturated heterocycles. The Bertz CT molecular complexity index is 1200. The molecule has 0 amide bonds. The number of pyridine rings is 1. The summed E-state index contributed by atoms with van der Waals surface area (Å²) >= 11 is 0. The molecule has 1 N–H and O–H groups in total. The van der Waals surface area contributed by atoms with E-state index >= 15 is 0 Å². The van der Waals surface area contributed by atoms with Gasteiger partial charge in [-0.25, -0.2) is 8.42 Å². The number of likely N-dealkylation sites (tertiary alicyclic amines) is 1. The quantitative estimate of drug-likeness (QED) is 0.667. The van der Waals surface area contributed by atoms with Gasteiger partial charge in [0.2, 0.25) is 0 Å². The van der Waals surface area contributed by atoms with Crippen LogP contribution < -0.4 is 4.31 Å². The Hall–Kier alpha value is -2.74. The number of aliphatic hydroxyl groups is 1. The van der Waals surface area contributed by atoms with E-state index in [9.17, 15) is 13.5 Å². The van der Waals surface area contributed by atoms with Crippen molar-refractivity contribution in [2.45, 2.75) is 36.4 Å². The van der Waals surface area contributed by atoms with E-state index in [0.29, 0.717) is 23.7 Å². The second-order valence-electron chi connectivity index (χ2n) is 8.25. The van der Waals surface area contributed by atoms with E-state index in [2.05, 4.69) is 9.88 Å². The van der Waals surface area contributed by atoms with E-state index in [0.717, 1.165) is 16.8 Å². The van der Waals surface area contributed by atoms with E-state index in [1.54, 1.807) is 24.4 Å². The van der Waals surface area contributed by atoms with Gasteiger partial charge in [-0.2, -0.15) is 0 Å². The first-order valence-electron chi connectivity index (χ1n) is 10.5. The Balaban J connectivity index is 1.55. The zero-order valence-corrected chi connectivity index (χ0v) is 18.1. The van der Waals surface area contributed by atoms with Gasteiger partial charge in [-0.1, -0.05) is 36.4 Å². The van der Waals surface area contributed by atoms with Crippen molar-refractivity contribution in [1.82, 2.24) is 9.88 Å². The normalized spacial score (nSPS) is 23.0. The Morgan fingerprint density at radius 2 is 1.87 bits per heavy atom. The van der Waals surface area contributed by atoms with Gasteiger partial charge in [0.1, 0.15) is 0 Å². The molecule has 0 saturated carbocycles. The van der Waals surface area contributed by atoms with Crippen LogP contribution in [0.4, 0.5) is 5.69 Å². The maximum atomic E-state index is 13.6. The molecule has 2 aromatic carbocycles. The van der Waals surface area contributed by atoms with Crippen molar-refractivity contribution in [3.63, 3.8) is 0 Å². The van der Waals surface area contributed by atoms with Gasteiger partial charge < -0.3 is 5.11 Å². The maximum absolute atomic E-state index is 13.6. The van der Waals surface area contributed by atoms with E-state index in [1.807, 2.05) is 55.5 Å². The average Bonchev–Trinajstić information content (AvgIpc) is 2.78. The van der Waals surface area contributed by atoms with Crippen LogP contribution in [0, 0.1) is 6.92 Å². The highest BCUT2D eigenvalue weighted by Gasteiger charge is 2.54. The first-order chi connectivity index (χ1) is 15.0. The number of anilines is 1. The van der Waals surface area contributed by atoms with Crippen LogP contribution >= 0.6 is 0 Å². The molecule has 160 valence electrons. The molecule has 5 rings (SSSR count). The Morgan fingerprint density at radius 3 is 2.61 bits per heavy atom. The van der Waals surface area contributed by atoms with E-state index in [-0.39, 0.29) is 24.6 Å². The standard InChI is InChI=1S/C24H25N3O3S/c1-17-7-6-9-19(13-17)31(29,30)27-15-22-24(20-10-2-3-11-21(20)27)23(16-28)26(22)14-18-8-4-5-12-25-18/h2-13,22-24,28H,14-16H2,1H3/t22-,23-,24+/m0/s1. The van der Waals surface area contributed by atoms with Crippen LogP contribution in [-0.2, 0) is 16.6 Å². The highest BCUT2D eigenvalue weighted by atomic mass is 32.2. The fourth-order valence-corrected chi connectivity index (χ4v) is 6.59. The number of hydrogen-bond donors (Lipinski definition) is 1. The monoisotopic (exact) mass is 435 g/mol. The topological polar surface area (TPSA) is 73.7 Å². The number of sulfonamides is 1. The summed E-state index contributed by atoms with van der Waals surface area (Å²) in [6, 6.07) is 20.4. The minimum atomic E-state index is -3.71. The Labute approximate surface area is 182 Å². The smallest absolute Gasteiger partial charge is 0.264 e. The Kier molecular flexibility index (Phi) is 5.04. The summed E-state index contributed by atoms with van der Waals surface area (Å²) in [4.78, 5) is 6.90. The van der Waals surface area contributed by atoms with Crippen LogP contribution in [0.5, 0.6) is 0 Å². The summed E-state index contributed by atoms with van der Waals surface area (Å²) in [5.41, 5.74) is 3.50. The van der Waals surface area contributed by atoms with Gasteiger partial charge in [-0.05, 0) is 48.4 Å². The third-order valence-electron chi connectivity index (χ3n) is 6.43. The zero-order valence-electron chi connectivity index (χ0n) is 17.3. The van der Waals surface area contributed by atoms with Gasteiger partial charge in [0.25, 0.3) is 10.0 Å². The number of aliphatic hydroxyl groups excluding tert-OH is 1. The van der Waals surface area contributed by atoms with E-state index in [1.165, 1.54) is 4.31 Å². The van der Waals surface area contributed by atoms with Crippen LogP contribution in [0.25, 0.3) is 0 Å². The van der Waals surface area contributed by atoms with E-state index < -0.39 is 10.0 Å². The molecular weight excluding hydrogens is 410 g/mol. The molecule has 2 aliphatic heterocycles. The molecule has 3 heterocycles. The molecule has 7 heteroatoms. The van der Waals surface area contributed by atoms with Crippen molar-refractivity contribution in [1.29, 1.82) is 0 Å². The summed E-state index contributed by atoms with van der Waals surface area (Å²) in [7, 11) is -3.71. The van der Waals surface area contributed by atoms with Gasteiger partial charge >= 0.3 is 0 Å². The SMILES string of the molecule is Cc1cccc(S(=O)(=O)N2C[C@H]3[C@@H](c4ccccc42)[C@H](CO)N3Cc2ccccn2)c1. The summed E-state index contributed by atoms with van der Waals surface area (Å²) in [6.07, 6.45) is 1.76. The van der Waals surface area contributed by atoms with Crippen molar-refractivity contribution in [2.75, 3.05) is 17.5 Å². The molecule has 0 unspecified atom stereocenters. The lowest BCUT2D eigenvalue weighted by atomic mass is 9.72. The van der Waals surface area contributed by atoms with Crippen LogP contribution in [0.1, 0.15) is 22.7 Å². The molecule has 31 heavy (non-hydrogen) atoms. The van der Waals surface area contributed by atoms with Crippen LogP contribution in [0.3, 0.4) is 0 Å². The van der Waals surface area contributed by atoms with Crippen molar-refractivity contribution >= 4 is 15.7 Å². The lowest BCUT2D eigenvalue weighted by Crippen LogP contribution is -2.68. The van der Waals surface area contributed by atoms with Crippen molar-refractivity contribution in [3.05, 3.63) is 89.7 Å². The van der Waals surface area contributed by atoms with Crippen molar-refractivity contribution < 1.29 is 13.5 Å². The summed E-state index contributed by atoms with van der Waals surface area (Å²) < 4.78 is 28.8. The number of rotatable bonds is 5. The summed E-state index contributed by atoms with van der Waals surface area (Å²) in [5.74, 6) is 0.0915. The van der Waals surface area contributed by atoms with Crippen LogP contribution in [0.15, 0.2) is 77.8 Å². The minimum Gasteiger partial charge on any atom is -0.395 e. The average molecular weight is 436 g/mol. The lowest BCUT2D eigenvalue weighted by Gasteiger charge is -2.59. The highest BCUT2D eigenvalue weighted by Crippen LogP contribution is 2.49. The number of fused-ring (bicyclic) bond motifs is 3. The number of aryl methyl sites for hydroxylation is 1. The lowest BCUT2D eigenvalue weighted by molar-refractivity contribution is -0.0485. The summed E-state index contributed by atoms with van der Waals surface area (Å²) in [5, 5.41) is 10.1. The minimum absolute atomic E-state index is 0.0198. The molecule has 0 spiro atoms. The van der Waals surface area contributed by atoms with Gasteiger partial charge in [0.15, 0.2) is 0 Å². The van der Waals surface area contributed by atoms with Crippen molar-refractivity contribution in [2.24, 2.45) is 0 Å².